The summed E-state index contributed by atoms with van der Waals surface area (Å²) in [6, 6.07) is 0. The molecule has 2 heterocycles. The molecule has 1 spiro atoms. The van der Waals surface area contributed by atoms with Crippen molar-refractivity contribution in [2.24, 2.45) is 17.3 Å². The summed E-state index contributed by atoms with van der Waals surface area (Å²) < 4.78 is 4.81. The third-order valence-electron chi connectivity index (χ3n) is 4.88. The van der Waals surface area contributed by atoms with Crippen LogP contribution < -0.4 is 5.32 Å². The Hall–Kier alpha value is -0.810. The van der Waals surface area contributed by atoms with Gasteiger partial charge in [-0.3, -0.25) is 9.59 Å². The van der Waals surface area contributed by atoms with Crippen molar-refractivity contribution in [1.82, 2.24) is 10.2 Å². The van der Waals surface area contributed by atoms with Gasteiger partial charge in [0, 0.05) is 26.2 Å². The number of piperidine rings is 1. The van der Waals surface area contributed by atoms with Crippen LogP contribution in [0.1, 0.15) is 19.3 Å². The van der Waals surface area contributed by atoms with E-state index in [9.17, 15) is 9.59 Å². The standard InChI is InChI=1S/C13H20N2O3.ClH/c1-18-12(17)10-6-13(10)2-4-15(5-3-13)11(16)9-7-14-8-9;/h9-10,14H,2-8H2,1H3;1H. The van der Waals surface area contributed by atoms with Gasteiger partial charge in [-0.05, 0) is 24.7 Å². The number of nitrogens with zero attached hydrogens (tertiary/aromatic N) is 1. The van der Waals surface area contributed by atoms with E-state index in [2.05, 4.69) is 5.32 Å². The number of hydrogen-bond donors (Lipinski definition) is 1. The molecule has 19 heavy (non-hydrogen) atoms. The zero-order valence-corrected chi connectivity index (χ0v) is 12.0. The molecular formula is C13H21ClN2O3. The molecule has 2 saturated heterocycles. The monoisotopic (exact) mass is 288 g/mol. The second kappa shape index (κ2) is 5.29. The maximum absolute atomic E-state index is 12.1. The second-order valence-electron chi connectivity index (χ2n) is 5.82. The smallest absolute Gasteiger partial charge is 0.309 e. The predicted octanol–water partition coefficient (Wildman–Crippen LogP) is 0.429. The molecule has 1 N–H and O–H groups in total. The first-order chi connectivity index (χ1) is 8.66. The highest BCUT2D eigenvalue weighted by molar-refractivity contribution is 5.85. The van der Waals surface area contributed by atoms with Crippen molar-refractivity contribution in [1.29, 1.82) is 0 Å². The summed E-state index contributed by atoms with van der Waals surface area (Å²) in [4.78, 5) is 25.6. The predicted molar refractivity (Wildman–Crippen MR) is 72.0 cm³/mol. The summed E-state index contributed by atoms with van der Waals surface area (Å²) in [6.07, 6.45) is 2.87. The molecule has 108 valence electrons. The minimum absolute atomic E-state index is 0. The molecule has 3 fully saturated rings. The number of hydrogen-bond acceptors (Lipinski definition) is 4. The highest BCUT2D eigenvalue weighted by Gasteiger charge is 2.59. The van der Waals surface area contributed by atoms with Crippen LogP contribution in [-0.4, -0.2) is 50.1 Å². The van der Waals surface area contributed by atoms with Crippen molar-refractivity contribution in [3.8, 4) is 0 Å². The number of halogens is 1. The number of carbonyl (C=O) groups excluding carboxylic acids is 2. The normalized spacial score (nSPS) is 28.3. The molecule has 1 unspecified atom stereocenters. The van der Waals surface area contributed by atoms with Gasteiger partial charge >= 0.3 is 5.97 Å². The average Bonchev–Trinajstić information content (AvgIpc) is 3.01. The first-order valence-corrected chi connectivity index (χ1v) is 6.74. The molecule has 1 saturated carbocycles. The minimum Gasteiger partial charge on any atom is -0.469 e. The van der Waals surface area contributed by atoms with Crippen LogP contribution in [0.3, 0.4) is 0 Å². The van der Waals surface area contributed by atoms with Gasteiger partial charge in [-0.15, -0.1) is 12.4 Å². The fourth-order valence-electron chi connectivity index (χ4n) is 3.27. The van der Waals surface area contributed by atoms with Crippen LogP contribution in [0.4, 0.5) is 0 Å². The minimum atomic E-state index is -0.0713. The van der Waals surface area contributed by atoms with Gasteiger partial charge in [0.05, 0.1) is 18.9 Å². The summed E-state index contributed by atoms with van der Waals surface area (Å²) in [5.74, 6) is 0.497. The maximum atomic E-state index is 12.1. The SMILES string of the molecule is COC(=O)C1CC12CCN(C(=O)C1CNC1)CC2.Cl. The van der Waals surface area contributed by atoms with Crippen LogP contribution >= 0.6 is 12.4 Å². The van der Waals surface area contributed by atoms with Gasteiger partial charge in [-0.1, -0.05) is 0 Å². The Balaban J connectivity index is 0.00000133. The summed E-state index contributed by atoms with van der Waals surface area (Å²) in [6.45, 7) is 3.27. The number of methoxy groups -OCH3 is 1. The van der Waals surface area contributed by atoms with E-state index in [1.54, 1.807) is 0 Å². The molecule has 1 amide bonds. The quantitative estimate of drug-likeness (QED) is 0.749. The largest absolute Gasteiger partial charge is 0.469 e. The van der Waals surface area contributed by atoms with E-state index in [1.807, 2.05) is 4.90 Å². The van der Waals surface area contributed by atoms with E-state index in [-0.39, 0.29) is 35.6 Å². The molecule has 0 aromatic rings. The fraction of sp³-hybridized carbons (Fsp3) is 0.846. The van der Waals surface area contributed by atoms with Crippen LogP contribution in [0, 0.1) is 17.3 Å². The summed E-state index contributed by atoms with van der Waals surface area (Å²) in [5, 5.41) is 3.13. The van der Waals surface area contributed by atoms with Gasteiger partial charge in [0.25, 0.3) is 0 Å². The van der Waals surface area contributed by atoms with Crippen LogP contribution in [0.15, 0.2) is 0 Å². The molecule has 1 aliphatic carbocycles. The number of carbonyl (C=O) groups is 2. The number of amides is 1. The number of ether oxygens (including phenoxy) is 1. The van der Waals surface area contributed by atoms with Crippen molar-refractivity contribution in [2.75, 3.05) is 33.3 Å². The third kappa shape index (κ3) is 2.46. The average molecular weight is 289 g/mol. The van der Waals surface area contributed by atoms with Crippen LogP contribution in [0.25, 0.3) is 0 Å². The highest BCUT2D eigenvalue weighted by atomic mass is 35.5. The van der Waals surface area contributed by atoms with E-state index in [0.29, 0.717) is 5.91 Å². The van der Waals surface area contributed by atoms with Gasteiger partial charge in [-0.2, -0.15) is 0 Å². The van der Waals surface area contributed by atoms with Gasteiger partial charge in [0.15, 0.2) is 0 Å². The summed E-state index contributed by atoms with van der Waals surface area (Å²) in [5.41, 5.74) is 0.155. The first kappa shape index (κ1) is 14.6. The molecular weight excluding hydrogens is 268 g/mol. The van der Waals surface area contributed by atoms with Crippen molar-refractivity contribution >= 4 is 24.3 Å². The Morgan fingerprint density at radius 2 is 1.89 bits per heavy atom. The number of esters is 1. The zero-order valence-electron chi connectivity index (χ0n) is 11.2. The molecule has 3 rings (SSSR count). The fourth-order valence-corrected chi connectivity index (χ4v) is 3.27. The van der Waals surface area contributed by atoms with E-state index < -0.39 is 0 Å². The first-order valence-electron chi connectivity index (χ1n) is 6.74. The van der Waals surface area contributed by atoms with Crippen LogP contribution in [0.5, 0.6) is 0 Å². The lowest BCUT2D eigenvalue weighted by Crippen LogP contribution is -2.53. The lowest BCUT2D eigenvalue weighted by Gasteiger charge is -2.37. The van der Waals surface area contributed by atoms with Gasteiger partial charge in [0.2, 0.25) is 5.91 Å². The summed E-state index contributed by atoms with van der Waals surface area (Å²) in [7, 11) is 1.45. The van der Waals surface area contributed by atoms with E-state index in [4.69, 9.17) is 4.74 Å². The molecule has 0 bridgehead atoms. The van der Waals surface area contributed by atoms with Crippen molar-refractivity contribution in [2.45, 2.75) is 19.3 Å². The van der Waals surface area contributed by atoms with E-state index >= 15 is 0 Å². The Labute approximate surface area is 119 Å². The summed E-state index contributed by atoms with van der Waals surface area (Å²) >= 11 is 0. The van der Waals surface area contributed by atoms with Crippen molar-refractivity contribution in [3.05, 3.63) is 0 Å². The molecule has 0 aromatic heterocycles. The molecule has 0 radical (unpaired) electrons. The Kier molecular flexibility index (Phi) is 4.06. The number of rotatable bonds is 2. The molecule has 1 atom stereocenters. The molecule has 3 aliphatic rings. The van der Waals surface area contributed by atoms with Crippen LogP contribution in [0.2, 0.25) is 0 Å². The van der Waals surface area contributed by atoms with Gasteiger partial charge in [0.1, 0.15) is 0 Å². The molecule has 0 aromatic carbocycles. The second-order valence-corrected chi connectivity index (χ2v) is 5.82. The topological polar surface area (TPSA) is 58.6 Å². The Bertz CT molecular complexity index is 376. The number of likely N-dealkylation sites (tertiary alicyclic amines) is 1. The lowest BCUT2D eigenvalue weighted by atomic mass is 9.89. The maximum Gasteiger partial charge on any atom is 0.309 e. The Morgan fingerprint density at radius 3 is 2.37 bits per heavy atom. The van der Waals surface area contributed by atoms with Crippen molar-refractivity contribution in [3.63, 3.8) is 0 Å². The van der Waals surface area contributed by atoms with E-state index in [1.165, 1.54) is 7.11 Å². The Morgan fingerprint density at radius 1 is 1.26 bits per heavy atom. The molecule has 2 aliphatic heterocycles. The molecule has 6 heteroatoms. The highest BCUT2D eigenvalue weighted by Crippen LogP contribution is 2.59. The lowest BCUT2D eigenvalue weighted by molar-refractivity contribution is -0.143. The number of nitrogens with one attached hydrogen (secondary N) is 1. The third-order valence-corrected chi connectivity index (χ3v) is 4.88. The van der Waals surface area contributed by atoms with Gasteiger partial charge in [-0.25, -0.2) is 0 Å². The van der Waals surface area contributed by atoms with Crippen LogP contribution in [-0.2, 0) is 14.3 Å². The van der Waals surface area contributed by atoms with Gasteiger partial charge < -0.3 is 15.0 Å². The zero-order chi connectivity index (χ0) is 12.8. The van der Waals surface area contributed by atoms with E-state index in [0.717, 1.165) is 45.4 Å². The molecule has 5 nitrogen and oxygen atoms in total. The van der Waals surface area contributed by atoms with Crippen molar-refractivity contribution < 1.29 is 14.3 Å².